The molecule has 4 nitrogen and oxygen atoms in total. The van der Waals surface area contributed by atoms with Gasteiger partial charge >= 0.3 is 0 Å². The first-order chi connectivity index (χ1) is 7.61. The Labute approximate surface area is 100.0 Å². The molecule has 16 heavy (non-hydrogen) atoms. The molecule has 98 valence electrons. The van der Waals surface area contributed by atoms with Crippen LogP contribution in [0.1, 0.15) is 26.7 Å². The van der Waals surface area contributed by atoms with Crippen molar-refractivity contribution in [3.63, 3.8) is 0 Å². The van der Waals surface area contributed by atoms with Crippen molar-refractivity contribution in [1.29, 1.82) is 0 Å². The van der Waals surface area contributed by atoms with E-state index >= 15 is 0 Å². The van der Waals surface area contributed by atoms with Gasteiger partial charge in [-0.25, -0.2) is 0 Å². The highest BCUT2D eigenvalue weighted by molar-refractivity contribution is 4.80. The van der Waals surface area contributed by atoms with Gasteiger partial charge in [-0.15, -0.1) is 0 Å². The summed E-state index contributed by atoms with van der Waals surface area (Å²) in [6.07, 6.45) is 2.08. The zero-order valence-electron chi connectivity index (χ0n) is 11.3. The number of methoxy groups -OCH3 is 1. The Morgan fingerprint density at radius 1 is 1.38 bits per heavy atom. The fourth-order valence-electron chi connectivity index (χ4n) is 1.62. The lowest BCUT2D eigenvalue weighted by Gasteiger charge is -2.28. The number of rotatable bonds is 10. The van der Waals surface area contributed by atoms with Crippen LogP contribution >= 0.6 is 0 Å². The predicted molar refractivity (Wildman–Crippen MR) is 67.8 cm³/mol. The molecule has 0 spiro atoms. The van der Waals surface area contributed by atoms with E-state index in [0.29, 0.717) is 0 Å². The zero-order chi connectivity index (χ0) is 12.4. The molecule has 0 bridgehead atoms. The number of nitrogens with one attached hydrogen (secondary N) is 1. The molecule has 0 radical (unpaired) electrons. The maximum atomic E-state index is 9.25. The van der Waals surface area contributed by atoms with Crippen LogP contribution in [-0.2, 0) is 4.74 Å². The summed E-state index contributed by atoms with van der Waals surface area (Å²) in [5.74, 6) is 0. The highest BCUT2D eigenvalue weighted by Gasteiger charge is 2.20. The molecule has 0 aliphatic heterocycles. The van der Waals surface area contributed by atoms with E-state index in [1.165, 1.54) is 0 Å². The van der Waals surface area contributed by atoms with Crippen LogP contribution < -0.4 is 5.32 Å². The average Bonchev–Trinajstić information content (AvgIpc) is 2.33. The van der Waals surface area contributed by atoms with E-state index in [2.05, 4.69) is 24.1 Å². The fraction of sp³-hybridized carbons (Fsp3) is 1.00. The minimum absolute atomic E-state index is 0.138. The summed E-state index contributed by atoms with van der Waals surface area (Å²) in [6, 6.07) is 0. The Kier molecular flexibility index (Phi) is 8.84. The number of aliphatic hydroxyl groups is 1. The van der Waals surface area contributed by atoms with E-state index in [-0.39, 0.29) is 12.1 Å². The van der Waals surface area contributed by atoms with Gasteiger partial charge in [0.1, 0.15) is 0 Å². The summed E-state index contributed by atoms with van der Waals surface area (Å²) in [5, 5.41) is 12.4. The Morgan fingerprint density at radius 3 is 2.50 bits per heavy atom. The zero-order valence-corrected chi connectivity index (χ0v) is 11.3. The Hall–Kier alpha value is -0.160. The summed E-state index contributed by atoms with van der Waals surface area (Å²) in [7, 11) is 3.64. The second-order valence-electron chi connectivity index (χ2n) is 4.50. The molecule has 0 amide bonds. The molecule has 1 atom stereocenters. The van der Waals surface area contributed by atoms with Crippen molar-refractivity contribution in [2.45, 2.75) is 32.2 Å². The normalized spacial score (nSPS) is 15.4. The highest BCUT2D eigenvalue weighted by Crippen LogP contribution is 2.11. The van der Waals surface area contributed by atoms with Crippen molar-refractivity contribution in [3.05, 3.63) is 0 Å². The second-order valence-corrected chi connectivity index (χ2v) is 4.50. The van der Waals surface area contributed by atoms with Gasteiger partial charge in [-0.1, -0.05) is 6.92 Å². The van der Waals surface area contributed by atoms with Crippen molar-refractivity contribution in [2.24, 2.45) is 0 Å². The van der Waals surface area contributed by atoms with Gasteiger partial charge in [-0.2, -0.15) is 0 Å². The monoisotopic (exact) mass is 232 g/mol. The van der Waals surface area contributed by atoms with Gasteiger partial charge < -0.3 is 20.1 Å². The molecule has 2 N–H and O–H groups in total. The summed E-state index contributed by atoms with van der Waals surface area (Å²) in [4.78, 5) is 2.37. The van der Waals surface area contributed by atoms with E-state index in [0.717, 1.165) is 39.1 Å². The predicted octanol–water partition coefficient (Wildman–Crippen LogP) is 0.705. The van der Waals surface area contributed by atoms with Crippen LogP contribution in [0.2, 0.25) is 0 Å². The molecule has 0 aliphatic rings. The summed E-state index contributed by atoms with van der Waals surface area (Å²) in [6.45, 7) is 8.31. The molecular formula is C12H28N2O2. The molecule has 0 aromatic carbocycles. The molecule has 0 aromatic heterocycles. The van der Waals surface area contributed by atoms with Gasteiger partial charge in [0.15, 0.2) is 0 Å². The van der Waals surface area contributed by atoms with Crippen molar-refractivity contribution in [3.8, 4) is 0 Å². The molecule has 0 saturated carbocycles. The number of hydrogen-bond acceptors (Lipinski definition) is 4. The van der Waals surface area contributed by atoms with Gasteiger partial charge in [-0.05, 0) is 39.9 Å². The Bertz CT molecular complexity index is 161. The molecular weight excluding hydrogens is 204 g/mol. The second kappa shape index (κ2) is 8.93. The SMILES string of the molecule is CCN(CCCC(C)(CO)NC)CCOC. The van der Waals surface area contributed by atoms with Crippen molar-refractivity contribution in [1.82, 2.24) is 10.2 Å². The van der Waals surface area contributed by atoms with Crippen molar-refractivity contribution in [2.75, 3.05) is 47.0 Å². The summed E-state index contributed by atoms with van der Waals surface area (Å²) in [5.41, 5.74) is -0.138. The maximum absolute atomic E-state index is 9.25. The lowest BCUT2D eigenvalue weighted by atomic mass is 9.97. The smallest absolute Gasteiger partial charge is 0.0610 e. The molecule has 0 rings (SSSR count). The third kappa shape index (κ3) is 6.43. The molecule has 4 heteroatoms. The Morgan fingerprint density at radius 2 is 2.06 bits per heavy atom. The minimum atomic E-state index is -0.138. The van der Waals surface area contributed by atoms with Crippen LogP contribution in [-0.4, -0.2) is 62.6 Å². The van der Waals surface area contributed by atoms with Crippen molar-refractivity contribution < 1.29 is 9.84 Å². The van der Waals surface area contributed by atoms with Crippen LogP contribution in [0.4, 0.5) is 0 Å². The molecule has 1 unspecified atom stereocenters. The topological polar surface area (TPSA) is 44.7 Å². The van der Waals surface area contributed by atoms with E-state index in [1.54, 1.807) is 7.11 Å². The molecule has 0 aromatic rings. The first-order valence-corrected chi connectivity index (χ1v) is 6.13. The summed E-state index contributed by atoms with van der Waals surface area (Å²) < 4.78 is 5.07. The number of likely N-dealkylation sites (N-methyl/N-ethyl adjacent to an activating group) is 2. The molecule has 0 aliphatic carbocycles. The largest absolute Gasteiger partial charge is 0.394 e. The van der Waals surface area contributed by atoms with Gasteiger partial charge in [-0.3, -0.25) is 0 Å². The van der Waals surface area contributed by atoms with E-state index in [4.69, 9.17) is 4.74 Å². The third-order valence-corrected chi connectivity index (χ3v) is 3.21. The fourth-order valence-corrected chi connectivity index (χ4v) is 1.62. The van der Waals surface area contributed by atoms with Gasteiger partial charge in [0, 0.05) is 19.2 Å². The maximum Gasteiger partial charge on any atom is 0.0610 e. The summed E-state index contributed by atoms with van der Waals surface area (Å²) >= 11 is 0. The van der Waals surface area contributed by atoms with Crippen LogP contribution in [0.25, 0.3) is 0 Å². The lowest BCUT2D eigenvalue weighted by Crippen LogP contribution is -2.44. The van der Waals surface area contributed by atoms with Gasteiger partial charge in [0.2, 0.25) is 0 Å². The van der Waals surface area contributed by atoms with Crippen LogP contribution in [0.5, 0.6) is 0 Å². The number of nitrogens with zero attached hydrogens (tertiary/aromatic N) is 1. The molecule has 0 saturated heterocycles. The highest BCUT2D eigenvalue weighted by atomic mass is 16.5. The Balaban J connectivity index is 3.76. The van der Waals surface area contributed by atoms with Gasteiger partial charge in [0.25, 0.3) is 0 Å². The van der Waals surface area contributed by atoms with E-state index in [9.17, 15) is 5.11 Å². The lowest BCUT2D eigenvalue weighted by molar-refractivity contribution is 0.139. The van der Waals surface area contributed by atoms with Crippen LogP contribution in [0, 0.1) is 0 Å². The third-order valence-electron chi connectivity index (χ3n) is 3.21. The molecule has 0 heterocycles. The van der Waals surface area contributed by atoms with Gasteiger partial charge in [0.05, 0.1) is 13.2 Å². The number of aliphatic hydroxyl groups excluding tert-OH is 1. The minimum Gasteiger partial charge on any atom is -0.394 e. The standard InChI is InChI=1S/C12H28N2O2/c1-5-14(9-10-16-4)8-6-7-12(2,11-15)13-3/h13,15H,5-11H2,1-4H3. The first kappa shape index (κ1) is 15.8. The first-order valence-electron chi connectivity index (χ1n) is 6.13. The quantitative estimate of drug-likeness (QED) is 0.582. The van der Waals surface area contributed by atoms with E-state index < -0.39 is 0 Å². The number of hydrogen-bond donors (Lipinski definition) is 2. The number of ether oxygens (including phenoxy) is 1. The molecule has 0 fully saturated rings. The van der Waals surface area contributed by atoms with E-state index in [1.807, 2.05) is 7.05 Å². The van der Waals surface area contributed by atoms with Crippen LogP contribution in [0.3, 0.4) is 0 Å². The van der Waals surface area contributed by atoms with Crippen LogP contribution in [0.15, 0.2) is 0 Å². The van der Waals surface area contributed by atoms with Crippen molar-refractivity contribution >= 4 is 0 Å². The average molecular weight is 232 g/mol.